The molecular weight excluding hydrogens is 248 g/mol. The third kappa shape index (κ3) is 2.54. The number of hydrogen-bond donors (Lipinski definition) is 1. The van der Waals surface area contributed by atoms with Crippen LogP contribution < -0.4 is 5.32 Å². The molecule has 2 bridgehead atoms. The van der Waals surface area contributed by atoms with Gasteiger partial charge in [0.1, 0.15) is 0 Å². The normalized spacial score (nSPS) is 29.7. The van der Waals surface area contributed by atoms with Crippen molar-refractivity contribution in [2.45, 2.75) is 44.2 Å². The van der Waals surface area contributed by atoms with Crippen molar-refractivity contribution in [3.63, 3.8) is 0 Å². The summed E-state index contributed by atoms with van der Waals surface area (Å²) in [6, 6.07) is 6.78. The lowest BCUT2D eigenvalue weighted by Crippen LogP contribution is -2.40. The SMILES string of the molecule is O=C(c1cccc(C(F)F)c1)C1CC2CCC(C1)N2. The fraction of sp³-hybridized carbons (Fsp3) is 0.533. The smallest absolute Gasteiger partial charge is 0.263 e. The quantitative estimate of drug-likeness (QED) is 0.849. The minimum atomic E-state index is -2.52. The van der Waals surface area contributed by atoms with Gasteiger partial charge in [0.15, 0.2) is 5.78 Å². The van der Waals surface area contributed by atoms with Crippen molar-refractivity contribution in [2.24, 2.45) is 5.92 Å². The standard InChI is InChI=1S/C15H17F2NO/c16-15(17)10-3-1-2-9(6-10)14(19)11-7-12-4-5-13(8-11)18-12/h1-3,6,11-13,15,18H,4-5,7-8H2. The Morgan fingerprint density at radius 2 is 1.89 bits per heavy atom. The number of halogens is 2. The lowest BCUT2D eigenvalue weighted by atomic mass is 9.85. The number of carbonyl (C=O) groups is 1. The molecule has 102 valence electrons. The van der Waals surface area contributed by atoms with Gasteiger partial charge in [-0.25, -0.2) is 8.78 Å². The predicted octanol–water partition coefficient (Wildman–Crippen LogP) is 3.34. The Hall–Kier alpha value is -1.29. The number of alkyl halides is 2. The lowest BCUT2D eigenvalue weighted by Gasteiger charge is -2.28. The van der Waals surface area contributed by atoms with Crippen LogP contribution in [0.5, 0.6) is 0 Å². The van der Waals surface area contributed by atoms with Crippen LogP contribution in [0.4, 0.5) is 8.78 Å². The zero-order chi connectivity index (χ0) is 13.4. The van der Waals surface area contributed by atoms with Gasteiger partial charge in [-0.2, -0.15) is 0 Å². The highest BCUT2D eigenvalue weighted by atomic mass is 19.3. The summed E-state index contributed by atoms with van der Waals surface area (Å²) < 4.78 is 25.3. The van der Waals surface area contributed by atoms with Gasteiger partial charge in [0.05, 0.1) is 0 Å². The molecule has 4 heteroatoms. The number of piperidine rings is 1. The number of Topliss-reactive ketones (excluding diaryl/α,β-unsaturated/α-hetero) is 1. The molecule has 2 aliphatic heterocycles. The van der Waals surface area contributed by atoms with Crippen LogP contribution in [-0.4, -0.2) is 17.9 Å². The average Bonchev–Trinajstić information content (AvgIpc) is 2.76. The first kappa shape index (κ1) is 12.7. The second kappa shape index (κ2) is 5.00. The summed E-state index contributed by atoms with van der Waals surface area (Å²) in [7, 11) is 0. The molecule has 2 atom stereocenters. The predicted molar refractivity (Wildman–Crippen MR) is 68.4 cm³/mol. The largest absolute Gasteiger partial charge is 0.311 e. The molecule has 1 N–H and O–H groups in total. The number of hydrogen-bond acceptors (Lipinski definition) is 2. The highest BCUT2D eigenvalue weighted by Crippen LogP contribution is 2.33. The van der Waals surface area contributed by atoms with Crippen molar-refractivity contribution in [1.29, 1.82) is 0 Å². The molecule has 0 amide bonds. The molecule has 1 aromatic carbocycles. The van der Waals surface area contributed by atoms with Crippen molar-refractivity contribution in [2.75, 3.05) is 0 Å². The molecule has 19 heavy (non-hydrogen) atoms. The number of fused-ring (bicyclic) bond motifs is 2. The van der Waals surface area contributed by atoms with Gasteiger partial charge in [-0.15, -0.1) is 0 Å². The molecule has 0 aliphatic carbocycles. The summed E-state index contributed by atoms with van der Waals surface area (Å²) in [6.45, 7) is 0. The molecule has 2 heterocycles. The second-order valence-corrected chi connectivity index (χ2v) is 5.60. The maximum Gasteiger partial charge on any atom is 0.263 e. The van der Waals surface area contributed by atoms with Gasteiger partial charge in [-0.05, 0) is 31.7 Å². The molecule has 2 saturated heterocycles. The van der Waals surface area contributed by atoms with Crippen LogP contribution >= 0.6 is 0 Å². The van der Waals surface area contributed by atoms with Gasteiger partial charge in [0.25, 0.3) is 6.43 Å². The van der Waals surface area contributed by atoms with Crippen LogP contribution in [0.1, 0.15) is 48.0 Å². The maximum absolute atomic E-state index is 12.7. The average molecular weight is 265 g/mol. The Kier molecular flexibility index (Phi) is 3.35. The third-order valence-corrected chi connectivity index (χ3v) is 4.27. The molecule has 2 nitrogen and oxygen atoms in total. The van der Waals surface area contributed by atoms with E-state index in [1.807, 2.05) is 0 Å². The van der Waals surface area contributed by atoms with E-state index < -0.39 is 6.43 Å². The Morgan fingerprint density at radius 1 is 1.21 bits per heavy atom. The van der Waals surface area contributed by atoms with E-state index in [-0.39, 0.29) is 17.3 Å². The molecule has 0 radical (unpaired) electrons. The van der Waals surface area contributed by atoms with E-state index in [2.05, 4.69) is 5.32 Å². The van der Waals surface area contributed by atoms with Crippen LogP contribution in [0, 0.1) is 5.92 Å². The van der Waals surface area contributed by atoms with Crippen molar-refractivity contribution < 1.29 is 13.6 Å². The topological polar surface area (TPSA) is 29.1 Å². The monoisotopic (exact) mass is 265 g/mol. The second-order valence-electron chi connectivity index (χ2n) is 5.60. The Labute approximate surface area is 111 Å². The fourth-order valence-electron chi connectivity index (χ4n) is 3.33. The van der Waals surface area contributed by atoms with E-state index in [1.165, 1.54) is 12.1 Å². The summed E-state index contributed by atoms with van der Waals surface area (Å²) >= 11 is 0. The van der Waals surface area contributed by atoms with Crippen molar-refractivity contribution >= 4 is 5.78 Å². The van der Waals surface area contributed by atoms with Gasteiger partial charge < -0.3 is 5.32 Å². The zero-order valence-corrected chi connectivity index (χ0v) is 10.6. The van der Waals surface area contributed by atoms with Crippen LogP contribution in [0.15, 0.2) is 24.3 Å². The van der Waals surface area contributed by atoms with E-state index in [1.54, 1.807) is 12.1 Å². The summed E-state index contributed by atoms with van der Waals surface area (Å²) in [5, 5.41) is 3.48. The Bertz CT molecular complexity index is 477. The Balaban J connectivity index is 1.78. The molecule has 1 aromatic rings. The maximum atomic E-state index is 12.7. The molecular formula is C15H17F2NO. The highest BCUT2D eigenvalue weighted by Gasteiger charge is 2.36. The first-order valence-corrected chi connectivity index (χ1v) is 6.82. The molecule has 0 saturated carbocycles. The van der Waals surface area contributed by atoms with Crippen molar-refractivity contribution in [1.82, 2.24) is 5.32 Å². The molecule has 3 rings (SSSR count). The number of benzene rings is 1. The zero-order valence-electron chi connectivity index (χ0n) is 10.6. The summed E-state index contributed by atoms with van der Waals surface area (Å²) in [5.74, 6) is 0.0209. The van der Waals surface area contributed by atoms with Crippen molar-refractivity contribution in [3.8, 4) is 0 Å². The van der Waals surface area contributed by atoms with E-state index in [9.17, 15) is 13.6 Å². The number of carbonyl (C=O) groups excluding carboxylic acids is 1. The van der Waals surface area contributed by atoms with E-state index >= 15 is 0 Å². The van der Waals surface area contributed by atoms with Gasteiger partial charge in [0.2, 0.25) is 0 Å². The minimum absolute atomic E-state index is 0.00771. The molecule has 0 aromatic heterocycles. The van der Waals surface area contributed by atoms with Crippen molar-refractivity contribution in [3.05, 3.63) is 35.4 Å². The summed E-state index contributed by atoms with van der Waals surface area (Å²) in [5.41, 5.74) is 0.367. The van der Waals surface area contributed by atoms with Crippen LogP contribution in [-0.2, 0) is 0 Å². The first-order valence-electron chi connectivity index (χ1n) is 6.82. The molecule has 2 unspecified atom stereocenters. The van der Waals surface area contributed by atoms with Crippen LogP contribution in [0.3, 0.4) is 0 Å². The highest BCUT2D eigenvalue weighted by molar-refractivity contribution is 5.98. The van der Waals surface area contributed by atoms with Gasteiger partial charge in [0, 0.05) is 29.1 Å². The van der Waals surface area contributed by atoms with Gasteiger partial charge >= 0.3 is 0 Å². The van der Waals surface area contributed by atoms with E-state index in [0.717, 1.165) is 25.7 Å². The Morgan fingerprint density at radius 3 is 2.53 bits per heavy atom. The molecule has 2 aliphatic rings. The van der Waals surface area contributed by atoms with Crippen LogP contribution in [0.25, 0.3) is 0 Å². The third-order valence-electron chi connectivity index (χ3n) is 4.27. The van der Waals surface area contributed by atoms with Gasteiger partial charge in [-0.1, -0.05) is 18.2 Å². The molecule has 2 fully saturated rings. The molecule has 0 spiro atoms. The van der Waals surface area contributed by atoms with Gasteiger partial charge in [-0.3, -0.25) is 4.79 Å². The minimum Gasteiger partial charge on any atom is -0.311 e. The van der Waals surface area contributed by atoms with Crippen LogP contribution in [0.2, 0.25) is 0 Å². The number of ketones is 1. The van der Waals surface area contributed by atoms with E-state index in [4.69, 9.17) is 0 Å². The summed E-state index contributed by atoms with van der Waals surface area (Å²) in [4.78, 5) is 12.4. The van der Waals surface area contributed by atoms with E-state index in [0.29, 0.717) is 17.6 Å². The summed E-state index contributed by atoms with van der Waals surface area (Å²) in [6.07, 6.45) is 1.43. The number of nitrogens with one attached hydrogen (secondary N) is 1. The lowest BCUT2D eigenvalue weighted by molar-refractivity contribution is 0.0875. The first-order chi connectivity index (χ1) is 9.13. The fourth-order valence-corrected chi connectivity index (χ4v) is 3.33. The number of rotatable bonds is 3.